The SMILES string of the molecule is O=C(NC1CCCCC1O)c1ccc(Br)cc1. The zero-order chi connectivity index (χ0) is 12.3. The molecule has 1 aromatic carbocycles. The second-order valence-electron chi connectivity index (χ2n) is 4.44. The van der Waals surface area contributed by atoms with Crippen LogP contribution in [-0.4, -0.2) is 23.2 Å². The van der Waals surface area contributed by atoms with E-state index < -0.39 is 6.10 Å². The molecule has 0 aliphatic heterocycles. The topological polar surface area (TPSA) is 49.3 Å². The molecule has 0 spiro atoms. The van der Waals surface area contributed by atoms with Crippen LogP contribution in [-0.2, 0) is 0 Å². The van der Waals surface area contributed by atoms with Crippen molar-refractivity contribution in [2.75, 3.05) is 0 Å². The van der Waals surface area contributed by atoms with Crippen molar-refractivity contribution in [3.63, 3.8) is 0 Å². The fraction of sp³-hybridized carbons (Fsp3) is 0.462. The lowest BCUT2D eigenvalue weighted by Gasteiger charge is -2.28. The lowest BCUT2D eigenvalue weighted by Crippen LogP contribution is -2.45. The summed E-state index contributed by atoms with van der Waals surface area (Å²) in [5, 5.41) is 12.7. The molecule has 1 aliphatic rings. The third kappa shape index (κ3) is 3.30. The summed E-state index contributed by atoms with van der Waals surface area (Å²) in [4.78, 5) is 11.9. The molecule has 0 aromatic heterocycles. The van der Waals surface area contributed by atoms with Gasteiger partial charge < -0.3 is 10.4 Å². The second kappa shape index (κ2) is 5.65. The first kappa shape index (κ1) is 12.6. The smallest absolute Gasteiger partial charge is 0.251 e. The predicted molar refractivity (Wildman–Crippen MR) is 69.9 cm³/mol. The van der Waals surface area contributed by atoms with Crippen LogP contribution >= 0.6 is 15.9 Å². The minimum absolute atomic E-state index is 0.0973. The molecule has 2 rings (SSSR count). The Morgan fingerprint density at radius 2 is 1.88 bits per heavy atom. The molecule has 1 amide bonds. The van der Waals surface area contributed by atoms with E-state index in [2.05, 4.69) is 21.2 Å². The number of aliphatic hydroxyl groups excluding tert-OH is 1. The molecule has 2 N–H and O–H groups in total. The highest BCUT2D eigenvalue weighted by Gasteiger charge is 2.24. The molecule has 17 heavy (non-hydrogen) atoms. The van der Waals surface area contributed by atoms with E-state index in [4.69, 9.17) is 0 Å². The first-order valence-electron chi connectivity index (χ1n) is 5.91. The molecule has 1 aliphatic carbocycles. The molecule has 0 radical (unpaired) electrons. The highest BCUT2D eigenvalue weighted by Crippen LogP contribution is 2.19. The van der Waals surface area contributed by atoms with Gasteiger partial charge in [-0.3, -0.25) is 4.79 Å². The van der Waals surface area contributed by atoms with Gasteiger partial charge in [-0.15, -0.1) is 0 Å². The van der Waals surface area contributed by atoms with Crippen LogP contribution in [0.5, 0.6) is 0 Å². The molecule has 3 nitrogen and oxygen atoms in total. The van der Waals surface area contributed by atoms with Crippen molar-refractivity contribution in [1.82, 2.24) is 5.32 Å². The Balaban J connectivity index is 1.98. The molecule has 0 saturated heterocycles. The van der Waals surface area contributed by atoms with Crippen LogP contribution in [0.25, 0.3) is 0 Å². The van der Waals surface area contributed by atoms with E-state index in [0.29, 0.717) is 5.56 Å². The number of benzene rings is 1. The fourth-order valence-electron chi connectivity index (χ4n) is 2.13. The van der Waals surface area contributed by atoms with Gasteiger partial charge in [-0.05, 0) is 37.1 Å². The summed E-state index contributed by atoms with van der Waals surface area (Å²) in [5.74, 6) is -0.108. The number of nitrogens with one attached hydrogen (secondary N) is 1. The zero-order valence-corrected chi connectivity index (χ0v) is 11.1. The first-order valence-corrected chi connectivity index (χ1v) is 6.70. The maximum atomic E-state index is 11.9. The Morgan fingerprint density at radius 3 is 2.53 bits per heavy atom. The van der Waals surface area contributed by atoms with Crippen molar-refractivity contribution in [1.29, 1.82) is 0 Å². The van der Waals surface area contributed by atoms with E-state index >= 15 is 0 Å². The Hall–Kier alpha value is -0.870. The third-order valence-electron chi connectivity index (χ3n) is 3.15. The van der Waals surface area contributed by atoms with Crippen LogP contribution < -0.4 is 5.32 Å². The number of rotatable bonds is 2. The van der Waals surface area contributed by atoms with Gasteiger partial charge in [0.05, 0.1) is 12.1 Å². The Labute approximate surface area is 109 Å². The van der Waals surface area contributed by atoms with Crippen molar-refractivity contribution >= 4 is 21.8 Å². The molecular weight excluding hydrogens is 282 g/mol. The van der Waals surface area contributed by atoms with Crippen molar-refractivity contribution in [2.24, 2.45) is 0 Å². The minimum atomic E-state index is -0.400. The van der Waals surface area contributed by atoms with E-state index in [0.717, 1.165) is 30.2 Å². The van der Waals surface area contributed by atoms with Crippen LogP contribution in [0.3, 0.4) is 0 Å². The number of halogens is 1. The summed E-state index contributed by atoms with van der Waals surface area (Å²) in [6.07, 6.45) is 3.37. The number of amides is 1. The molecule has 0 heterocycles. The number of hydrogen-bond donors (Lipinski definition) is 2. The highest BCUT2D eigenvalue weighted by atomic mass is 79.9. The first-order chi connectivity index (χ1) is 8.16. The average Bonchev–Trinajstić information content (AvgIpc) is 2.33. The maximum absolute atomic E-state index is 11.9. The summed E-state index contributed by atoms with van der Waals surface area (Å²) in [6, 6.07) is 7.13. The van der Waals surface area contributed by atoms with Gasteiger partial charge in [-0.25, -0.2) is 0 Å². The van der Waals surface area contributed by atoms with Crippen molar-refractivity contribution in [3.05, 3.63) is 34.3 Å². The molecule has 2 unspecified atom stereocenters. The molecule has 2 atom stereocenters. The number of carbonyl (C=O) groups is 1. The third-order valence-corrected chi connectivity index (χ3v) is 3.68. The monoisotopic (exact) mass is 297 g/mol. The van der Waals surface area contributed by atoms with E-state index in [1.54, 1.807) is 12.1 Å². The number of hydrogen-bond acceptors (Lipinski definition) is 2. The van der Waals surface area contributed by atoms with E-state index in [1.165, 1.54) is 0 Å². The van der Waals surface area contributed by atoms with Gasteiger partial charge in [-0.2, -0.15) is 0 Å². The fourth-order valence-corrected chi connectivity index (χ4v) is 2.40. The van der Waals surface area contributed by atoms with Gasteiger partial charge in [0, 0.05) is 10.0 Å². The summed E-state index contributed by atoms with van der Waals surface area (Å²) in [6.45, 7) is 0. The van der Waals surface area contributed by atoms with Gasteiger partial charge in [-0.1, -0.05) is 28.8 Å². The van der Waals surface area contributed by atoms with Crippen LogP contribution in [0.15, 0.2) is 28.7 Å². The molecule has 92 valence electrons. The van der Waals surface area contributed by atoms with Gasteiger partial charge >= 0.3 is 0 Å². The number of aliphatic hydroxyl groups is 1. The van der Waals surface area contributed by atoms with Crippen LogP contribution in [0.2, 0.25) is 0 Å². The molecular formula is C13H16BrNO2. The Morgan fingerprint density at radius 1 is 1.24 bits per heavy atom. The summed E-state index contributed by atoms with van der Waals surface area (Å²) >= 11 is 3.33. The standard InChI is InChI=1S/C13H16BrNO2/c14-10-7-5-9(6-8-10)13(17)15-11-3-1-2-4-12(11)16/h5-8,11-12,16H,1-4H2,(H,15,17). The van der Waals surface area contributed by atoms with Crippen molar-refractivity contribution in [2.45, 2.75) is 37.8 Å². The molecule has 1 fully saturated rings. The van der Waals surface area contributed by atoms with Crippen LogP contribution in [0.4, 0.5) is 0 Å². The number of carbonyl (C=O) groups excluding carboxylic acids is 1. The van der Waals surface area contributed by atoms with E-state index in [1.807, 2.05) is 12.1 Å². The normalized spacial score (nSPS) is 24.4. The largest absolute Gasteiger partial charge is 0.391 e. The van der Waals surface area contributed by atoms with Crippen LogP contribution in [0, 0.1) is 0 Å². The van der Waals surface area contributed by atoms with Gasteiger partial charge in [0.15, 0.2) is 0 Å². The van der Waals surface area contributed by atoms with E-state index in [-0.39, 0.29) is 11.9 Å². The quantitative estimate of drug-likeness (QED) is 0.881. The Kier molecular flexibility index (Phi) is 4.18. The van der Waals surface area contributed by atoms with E-state index in [9.17, 15) is 9.90 Å². The predicted octanol–water partition coefficient (Wildman–Crippen LogP) is 2.48. The van der Waals surface area contributed by atoms with Crippen LogP contribution in [0.1, 0.15) is 36.0 Å². The van der Waals surface area contributed by atoms with Gasteiger partial charge in [0.25, 0.3) is 5.91 Å². The second-order valence-corrected chi connectivity index (χ2v) is 5.35. The molecule has 1 aromatic rings. The lowest BCUT2D eigenvalue weighted by atomic mass is 9.92. The molecule has 1 saturated carbocycles. The summed E-state index contributed by atoms with van der Waals surface area (Å²) < 4.78 is 0.951. The van der Waals surface area contributed by atoms with Gasteiger partial charge in [0.2, 0.25) is 0 Å². The zero-order valence-electron chi connectivity index (χ0n) is 9.53. The highest BCUT2D eigenvalue weighted by molar-refractivity contribution is 9.10. The minimum Gasteiger partial charge on any atom is -0.391 e. The average molecular weight is 298 g/mol. The summed E-state index contributed by atoms with van der Waals surface area (Å²) in [7, 11) is 0. The molecule has 4 heteroatoms. The maximum Gasteiger partial charge on any atom is 0.251 e. The Bertz CT molecular complexity index is 391. The van der Waals surface area contributed by atoms with Crippen molar-refractivity contribution < 1.29 is 9.90 Å². The van der Waals surface area contributed by atoms with Gasteiger partial charge in [0.1, 0.15) is 0 Å². The summed E-state index contributed by atoms with van der Waals surface area (Å²) in [5.41, 5.74) is 0.631. The molecule has 0 bridgehead atoms. The van der Waals surface area contributed by atoms with Crippen molar-refractivity contribution in [3.8, 4) is 0 Å². The lowest BCUT2D eigenvalue weighted by molar-refractivity contribution is 0.0717.